The quantitative estimate of drug-likeness (QED) is 0.682. The lowest BCUT2D eigenvalue weighted by Gasteiger charge is -2.30. The van der Waals surface area contributed by atoms with E-state index in [-0.39, 0.29) is 18.4 Å². The Bertz CT molecular complexity index is 565. The van der Waals surface area contributed by atoms with Crippen LogP contribution in [-0.2, 0) is 25.5 Å². The van der Waals surface area contributed by atoms with Gasteiger partial charge in [0.05, 0.1) is 18.3 Å². The Morgan fingerprint density at radius 1 is 1.12 bits per heavy atom. The topological polar surface area (TPSA) is 64.6 Å². The van der Waals surface area contributed by atoms with Gasteiger partial charge in [0.2, 0.25) is 5.91 Å². The molecule has 0 bridgehead atoms. The van der Waals surface area contributed by atoms with Crippen LogP contribution in [0.1, 0.15) is 53.5 Å². The largest absolute Gasteiger partial charge is 0.464 e. The highest BCUT2D eigenvalue weighted by molar-refractivity contribution is 5.86. The second kappa shape index (κ2) is 10.3. The molecule has 0 aromatic heterocycles. The lowest BCUT2D eigenvalue weighted by atomic mass is 9.99. The predicted octanol–water partition coefficient (Wildman–Crippen LogP) is 3.51. The Labute approximate surface area is 157 Å². The summed E-state index contributed by atoms with van der Waals surface area (Å²) in [6, 6.07) is 9.22. The van der Waals surface area contributed by atoms with Gasteiger partial charge in [0.15, 0.2) is 6.04 Å². The normalized spacial score (nSPS) is 15.0. The van der Waals surface area contributed by atoms with Crippen LogP contribution in [0.3, 0.4) is 0 Å². The van der Waals surface area contributed by atoms with E-state index in [1.165, 1.54) is 5.56 Å². The van der Waals surface area contributed by atoms with Crippen molar-refractivity contribution in [3.8, 4) is 0 Å². The monoisotopic (exact) mass is 363 g/mol. The first-order valence-electron chi connectivity index (χ1n) is 9.32. The van der Waals surface area contributed by atoms with E-state index >= 15 is 0 Å². The SMILES string of the molecule is CCOC(=O)[C@@H](NC(=O)[C@@H](C)CCc1ccccc1)[C@@H](C)OC(C)(C)C. The number of carbonyl (C=O) groups is 2. The number of aryl methyl sites for hydroxylation is 1. The van der Waals surface area contributed by atoms with Crippen molar-refractivity contribution >= 4 is 11.9 Å². The lowest BCUT2D eigenvalue weighted by Crippen LogP contribution is -2.52. The Morgan fingerprint density at radius 2 is 1.73 bits per heavy atom. The van der Waals surface area contributed by atoms with E-state index in [0.717, 1.165) is 6.42 Å². The Morgan fingerprint density at radius 3 is 2.27 bits per heavy atom. The van der Waals surface area contributed by atoms with E-state index in [9.17, 15) is 9.59 Å². The van der Waals surface area contributed by atoms with Crippen LogP contribution in [0.15, 0.2) is 30.3 Å². The molecule has 0 saturated heterocycles. The van der Waals surface area contributed by atoms with Crippen molar-refractivity contribution < 1.29 is 19.1 Å². The van der Waals surface area contributed by atoms with Crippen LogP contribution in [0.5, 0.6) is 0 Å². The number of carbonyl (C=O) groups excluding carboxylic acids is 2. The van der Waals surface area contributed by atoms with Gasteiger partial charge in [0, 0.05) is 5.92 Å². The summed E-state index contributed by atoms with van der Waals surface area (Å²) in [6.45, 7) is 11.4. The maximum absolute atomic E-state index is 12.6. The van der Waals surface area contributed by atoms with E-state index in [1.807, 2.05) is 58.0 Å². The van der Waals surface area contributed by atoms with Crippen molar-refractivity contribution in [2.24, 2.45) is 5.92 Å². The van der Waals surface area contributed by atoms with E-state index < -0.39 is 23.7 Å². The molecule has 0 unspecified atom stereocenters. The third-order valence-electron chi connectivity index (χ3n) is 4.00. The summed E-state index contributed by atoms with van der Waals surface area (Å²) in [5.41, 5.74) is 0.770. The molecule has 1 rings (SSSR count). The molecule has 0 fully saturated rings. The van der Waals surface area contributed by atoms with Gasteiger partial charge in [0.1, 0.15) is 0 Å². The molecule has 0 aliphatic rings. The number of ether oxygens (including phenoxy) is 2. The predicted molar refractivity (Wildman–Crippen MR) is 103 cm³/mol. The number of hydrogen-bond donors (Lipinski definition) is 1. The van der Waals surface area contributed by atoms with Gasteiger partial charge in [-0.3, -0.25) is 4.79 Å². The Hall–Kier alpha value is -1.88. The molecule has 5 heteroatoms. The van der Waals surface area contributed by atoms with Gasteiger partial charge in [-0.15, -0.1) is 0 Å². The van der Waals surface area contributed by atoms with Crippen LogP contribution >= 0.6 is 0 Å². The molecule has 0 heterocycles. The number of rotatable bonds is 9. The summed E-state index contributed by atoms with van der Waals surface area (Å²) in [4.78, 5) is 24.9. The molecule has 0 aliphatic carbocycles. The third-order valence-corrected chi connectivity index (χ3v) is 4.00. The maximum atomic E-state index is 12.6. The zero-order valence-electron chi connectivity index (χ0n) is 16.9. The minimum atomic E-state index is -0.819. The first kappa shape index (κ1) is 22.2. The van der Waals surface area contributed by atoms with Gasteiger partial charge >= 0.3 is 5.97 Å². The van der Waals surface area contributed by atoms with E-state index in [2.05, 4.69) is 5.32 Å². The second-order valence-electron chi connectivity index (χ2n) is 7.60. The molecular formula is C21H33NO4. The minimum absolute atomic E-state index is 0.164. The summed E-state index contributed by atoms with van der Waals surface area (Å²) >= 11 is 0. The lowest BCUT2D eigenvalue weighted by molar-refractivity contribution is -0.156. The van der Waals surface area contributed by atoms with Crippen LogP contribution in [0, 0.1) is 5.92 Å². The number of hydrogen-bond acceptors (Lipinski definition) is 4. The molecular weight excluding hydrogens is 330 g/mol. The molecule has 26 heavy (non-hydrogen) atoms. The molecule has 0 spiro atoms. The van der Waals surface area contributed by atoms with Gasteiger partial charge in [-0.2, -0.15) is 0 Å². The van der Waals surface area contributed by atoms with Crippen LogP contribution in [0.25, 0.3) is 0 Å². The fourth-order valence-electron chi connectivity index (χ4n) is 2.68. The second-order valence-corrected chi connectivity index (χ2v) is 7.60. The van der Waals surface area contributed by atoms with Crippen LogP contribution in [-0.4, -0.2) is 36.2 Å². The van der Waals surface area contributed by atoms with Crippen molar-refractivity contribution in [1.82, 2.24) is 5.32 Å². The molecule has 0 saturated carbocycles. The Kier molecular flexibility index (Phi) is 8.79. The van der Waals surface area contributed by atoms with Crippen LogP contribution in [0.2, 0.25) is 0 Å². The zero-order chi connectivity index (χ0) is 19.7. The zero-order valence-corrected chi connectivity index (χ0v) is 16.9. The van der Waals surface area contributed by atoms with Crippen molar-refractivity contribution in [1.29, 1.82) is 0 Å². The average Bonchev–Trinajstić information content (AvgIpc) is 2.56. The fourth-order valence-corrected chi connectivity index (χ4v) is 2.68. The summed E-state index contributed by atoms with van der Waals surface area (Å²) in [5.74, 6) is -0.842. The van der Waals surface area contributed by atoms with Gasteiger partial charge in [-0.25, -0.2) is 4.79 Å². The number of esters is 1. The Balaban J connectivity index is 2.69. The summed E-state index contributed by atoms with van der Waals surface area (Å²) < 4.78 is 11.0. The van der Waals surface area contributed by atoms with E-state index in [1.54, 1.807) is 13.8 Å². The van der Waals surface area contributed by atoms with Crippen molar-refractivity contribution in [2.45, 2.75) is 72.1 Å². The molecule has 1 amide bonds. The number of benzene rings is 1. The summed E-state index contributed by atoms with van der Waals surface area (Å²) in [5, 5.41) is 2.82. The summed E-state index contributed by atoms with van der Waals surface area (Å²) in [7, 11) is 0. The minimum Gasteiger partial charge on any atom is -0.464 e. The smallest absolute Gasteiger partial charge is 0.331 e. The molecule has 5 nitrogen and oxygen atoms in total. The van der Waals surface area contributed by atoms with Crippen molar-refractivity contribution in [3.63, 3.8) is 0 Å². The van der Waals surface area contributed by atoms with Crippen LogP contribution in [0.4, 0.5) is 0 Å². The molecule has 1 aromatic carbocycles. The van der Waals surface area contributed by atoms with Crippen LogP contribution < -0.4 is 5.32 Å². The standard InChI is InChI=1S/C21H33NO4/c1-7-25-20(24)18(16(3)26-21(4,5)6)22-19(23)15(2)13-14-17-11-9-8-10-12-17/h8-12,15-16,18H,7,13-14H2,1-6H3,(H,22,23)/t15-,16+,18-/m0/s1. The summed E-state index contributed by atoms with van der Waals surface area (Å²) in [6.07, 6.45) is 1.03. The van der Waals surface area contributed by atoms with Crippen molar-refractivity contribution in [3.05, 3.63) is 35.9 Å². The fraction of sp³-hybridized carbons (Fsp3) is 0.619. The molecule has 1 aromatic rings. The third kappa shape index (κ3) is 8.00. The number of nitrogens with one attached hydrogen (secondary N) is 1. The van der Waals surface area contributed by atoms with Crippen molar-refractivity contribution in [2.75, 3.05) is 6.61 Å². The van der Waals surface area contributed by atoms with E-state index in [0.29, 0.717) is 6.42 Å². The highest BCUT2D eigenvalue weighted by Crippen LogP contribution is 2.15. The van der Waals surface area contributed by atoms with Gasteiger partial charge in [-0.1, -0.05) is 37.3 Å². The first-order valence-corrected chi connectivity index (χ1v) is 9.32. The van der Waals surface area contributed by atoms with Gasteiger partial charge < -0.3 is 14.8 Å². The van der Waals surface area contributed by atoms with Gasteiger partial charge in [-0.05, 0) is 53.0 Å². The first-order chi connectivity index (χ1) is 12.1. The molecule has 0 radical (unpaired) electrons. The van der Waals surface area contributed by atoms with Gasteiger partial charge in [0.25, 0.3) is 0 Å². The molecule has 0 aliphatic heterocycles. The highest BCUT2D eigenvalue weighted by atomic mass is 16.5. The number of amides is 1. The molecule has 146 valence electrons. The maximum Gasteiger partial charge on any atom is 0.331 e. The molecule has 3 atom stereocenters. The van der Waals surface area contributed by atoms with E-state index in [4.69, 9.17) is 9.47 Å². The average molecular weight is 363 g/mol. The molecule has 1 N–H and O–H groups in total. The highest BCUT2D eigenvalue weighted by Gasteiger charge is 2.32.